The summed E-state index contributed by atoms with van der Waals surface area (Å²) in [5.41, 5.74) is 9.83. The van der Waals surface area contributed by atoms with Crippen LogP contribution in [-0.4, -0.2) is 17.4 Å². The van der Waals surface area contributed by atoms with Gasteiger partial charge in [0, 0.05) is 33.3 Å². The van der Waals surface area contributed by atoms with Crippen molar-refractivity contribution in [3.63, 3.8) is 0 Å². The number of amides is 1. The smallest absolute Gasteiger partial charge is 0.254 e. The third-order valence-corrected chi connectivity index (χ3v) is 4.61. The van der Waals surface area contributed by atoms with E-state index in [1.165, 1.54) is 5.56 Å². The number of halogens is 2. The Kier molecular flexibility index (Phi) is 4.04. The van der Waals surface area contributed by atoms with Crippen molar-refractivity contribution in [2.75, 3.05) is 12.3 Å². The molecule has 0 unspecified atom stereocenters. The number of nitrogens with two attached hydrogens (primary N) is 1. The monoisotopic (exact) mass is 408 g/mol. The average molecular weight is 410 g/mol. The summed E-state index contributed by atoms with van der Waals surface area (Å²) in [7, 11) is 0. The molecule has 0 fully saturated rings. The number of anilines is 1. The van der Waals surface area contributed by atoms with E-state index in [9.17, 15) is 4.79 Å². The Labute approximate surface area is 140 Å². The molecule has 0 saturated carbocycles. The number of hydrogen-bond donors (Lipinski definition) is 1. The molecule has 2 aromatic carbocycles. The molecule has 0 spiro atoms. The lowest BCUT2D eigenvalue weighted by atomic mass is 9.97. The van der Waals surface area contributed by atoms with Gasteiger partial charge in [-0.1, -0.05) is 44.0 Å². The van der Waals surface area contributed by atoms with E-state index in [0.29, 0.717) is 18.7 Å². The van der Waals surface area contributed by atoms with Crippen molar-refractivity contribution in [2.45, 2.75) is 13.0 Å². The first-order valence-corrected chi connectivity index (χ1v) is 8.25. The average Bonchev–Trinajstić information content (AvgIpc) is 2.45. The summed E-state index contributed by atoms with van der Waals surface area (Å²) in [6, 6.07) is 11.5. The highest BCUT2D eigenvalue weighted by Gasteiger charge is 2.23. The standard InChI is InChI=1S/C16H14Br2N2O/c17-12-6-11(7-13(18)8-12)16(21)20-5-4-14-10(9-20)2-1-3-15(14)19/h1-3,6-8H,4-5,9,19H2. The predicted octanol–water partition coefficient (Wildman–Crippen LogP) is 3.99. The number of rotatable bonds is 1. The number of carbonyl (C=O) groups excluding carboxylic acids is 1. The van der Waals surface area contributed by atoms with Crippen molar-refractivity contribution in [2.24, 2.45) is 0 Å². The van der Waals surface area contributed by atoms with E-state index < -0.39 is 0 Å². The van der Waals surface area contributed by atoms with Gasteiger partial charge in [-0.2, -0.15) is 0 Å². The van der Waals surface area contributed by atoms with Crippen molar-refractivity contribution in [3.8, 4) is 0 Å². The maximum Gasteiger partial charge on any atom is 0.254 e. The SMILES string of the molecule is Nc1cccc2c1CCN(C(=O)c1cc(Br)cc(Br)c1)C2. The molecule has 0 atom stereocenters. The molecule has 0 radical (unpaired) electrons. The van der Waals surface area contributed by atoms with Gasteiger partial charge in [0.2, 0.25) is 0 Å². The molecule has 5 heteroatoms. The third-order valence-electron chi connectivity index (χ3n) is 3.70. The molecule has 21 heavy (non-hydrogen) atoms. The quantitative estimate of drug-likeness (QED) is 0.723. The van der Waals surface area contributed by atoms with Crippen molar-refractivity contribution in [3.05, 3.63) is 62.0 Å². The highest BCUT2D eigenvalue weighted by molar-refractivity contribution is 9.11. The van der Waals surface area contributed by atoms with Crippen LogP contribution < -0.4 is 5.73 Å². The zero-order valence-corrected chi connectivity index (χ0v) is 14.4. The van der Waals surface area contributed by atoms with Gasteiger partial charge in [-0.05, 0) is 41.8 Å². The Balaban J connectivity index is 1.87. The Morgan fingerprint density at radius 1 is 1.14 bits per heavy atom. The third kappa shape index (κ3) is 2.99. The van der Waals surface area contributed by atoms with Crippen LogP contribution in [0.3, 0.4) is 0 Å². The van der Waals surface area contributed by atoms with Crippen molar-refractivity contribution in [1.82, 2.24) is 4.90 Å². The van der Waals surface area contributed by atoms with E-state index in [0.717, 1.165) is 26.6 Å². The molecule has 1 aliphatic rings. The van der Waals surface area contributed by atoms with Crippen LogP contribution >= 0.6 is 31.9 Å². The van der Waals surface area contributed by atoms with Crippen LogP contribution in [0.1, 0.15) is 21.5 Å². The minimum Gasteiger partial charge on any atom is -0.398 e. The van der Waals surface area contributed by atoms with Crippen molar-refractivity contribution >= 4 is 43.5 Å². The molecule has 0 bridgehead atoms. The zero-order valence-electron chi connectivity index (χ0n) is 11.3. The molecule has 2 N–H and O–H groups in total. The van der Waals surface area contributed by atoms with Crippen LogP contribution in [0.15, 0.2) is 45.3 Å². The Bertz CT molecular complexity index is 695. The van der Waals surface area contributed by atoms with Crippen LogP contribution in [-0.2, 0) is 13.0 Å². The van der Waals surface area contributed by atoms with Gasteiger partial charge in [-0.15, -0.1) is 0 Å². The minimum atomic E-state index is 0.0464. The molecule has 3 nitrogen and oxygen atoms in total. The number of benzene rings is 2. The van der Waals surface area contributed by atoms with Crippen LogP contribution in [0, 0.1) is 0 Å². The van der Waals surface area contributed by atoms with Crippen LogP contribution in [0.25, 0.3) is 0 Å². The van der Waals surface area contributed by atoms with Gasteiger partial charge in [0.1, 0.15) is 0 Å². The van der Waals surface area contributed by atoms with E-state index in [1.807, 2.05) is 41.3 Å². The fourth-order valence-electron chi connectivity index (χ4n) is 2.67. The maximum atomic E-state index is 12.7. The zero-order chi connectivity index (χ0) is 15.0. The first kappa shape index (κ1) is 14.6. The molecule has 0 aromatic heterocycles. The first-order valence-electron chi connectivity index (χ1n) is 6.66. The summed E-state index contributed by atoms with van der Waals surface area (Å²) in [6.45, 7) is 1.31. The Morgan fingerprint density at radius 2 is 1.86 bits per heavy atom. The topological polar surface area (TPSA) is 46.3 Å². The number of hydrogen-bond acceptors (Lipinski definition) is 2. The van der Waals surface area contributed by atoms with Crippen LogP contribution in [0.4, 0.5) is 5.69 Å². The molecular formula is C16H14Br2N2O. The second-order valence-corrected chi connectivity index (χ2v) is 6.95. The summed E-state index contributed by atoms with van der Waals surface area (Å²) >= 11 is 6.85. The predicted molar refractivity (Wildman–Crippen MR) is 91.1 cm³/mol. The lowest BCUT2D eigenvalue weighted by Gasteiger charge is -2.29. The summed E-state index contributed by atoms with van der Waals surface area (Å²) in [6.07, 6.45) is 0.808. The maximum absolute atomic E-state index is 12.7. The van der Waals surface area contributed by atoms with Crippen LogP contribution in [0.2, 0.25) is 0 Å². The molecular weight excluding hydrogens is 396 g/mol. The first-order chi connectivity index (χ1) is 10.0. The lowest BCUT2D eigenvalue weighted by molar-refractivity contribution is 0.0734. The second-order valence-electron chi connectivity index (χ2n) is 5.12. The fourth-order valence-corrected chi connectivity index (χ4v) is 3.97. The van der Waals surface area contributed by atoms with Gasteiger partial charge in [0.15, 0.2) is 0 Å². The molecule has 1 aliphatic heterocycles. The Morgan fingerprint density at radius 3 is 2.57 bits per heavy atom. The lowest BCUT2D eigenvalue weighted by Crippen LogP contribution is -2.36. The van der Waals surface area contributed by atoms with Crippen molar-refractivity contribution < 1.29 is 4.79 Å². The summed E-state index contributed by atoms with van der Waals surface area (Å²) < 4.78 is 1.78. The fraction of sp³-hybridized carbons (Fsp3) is 0.188. The van der Waals surface area contributed by atoms with Gasteiger partial charge in [-0.25, -0.2) is 0 Å². The normalized spacial score (nSPS) is 13.9. The molecule has 1 amide bonds. The molecule has 0 aliphatic carbocycles. The largest absolute Gasteiger partial charge is 0.398 e. The highest BCUT2D eigenvalue weighted by Crippen LogP contribution is 2.26. The molecule has 2 aromatic rings. The van der Waals surface area contributed by atoms with Gasteiger partial charge < -0.3 is 10.6 Å². The highest BCUT2D eigenvalue weighted by atomic mass is 79.9. The molecule has 108 valence electrons. The van der Waals surface area contributed by atoms with Crippen molar-refractivity contribution in [1.29, 1.82) is 0 Å². The molecule has 1 heterocycles. The minimum absolute atomic E-state index is 0.0464. The van der Waals surface area contributed by atoms with E-state index in [4.69, 9.17) is 5.73 Å². The van der Waals surface area contributed by atoms with E-state index in [2.05, 4.69) is 31.9 Å². The van der Waals surface area contributed by atoms with Gasteiger partial charge in [-0.3, -0.25) is 4.79 Å². The molecule has 3 rings (SSSR count). The summed E-state index contributed by atoms with van der Waals surface area (Å²) in [5, 5.41) is 0. The van der Waals surface area contributed by atoms with Crippen LogP contribution in [0.5, 0.6) is 0 Å². The van der Waals surface area contributed by atoms with Gasteiger partial charge >= 0.3 is 0 Å². The molecule has 0 saturated heterocycles. The van der Waals surface area contributed by atoms with E-state index >= 15 is 0 Å². The second kappa shape index (κ2) is 5.81. The number of nitrogens with zero attached hydrogens (tertiary/aromatic N) is 1. The van der Waals surface area contributed by atoms with Gasteiger partial charge in [0.25, 0.3) is 5.91 Å². The van der Waals surface area contributed by atoms with E-state index in [-0.39, 0.29) is 5.91 Å². The number of nitrogen functional groups attached to an aromatic ring is 1. The number of fused-ring (bicyclic) bond motifs is 1. The number of carbonyl (C=O) groups is 1. The Hall–Kier alpha value is -1.33. The summed E-state index contributed by atoms with van der Waals surface area (Å²) in [5.74, 6) is 0.0464. The van der Waals surface area contributed by atoms with Gasteiger partial charge in [0.05, 0.1) is 0 Å². The van der Waals surface area contributed by atoms with E-state index in [1.54, 1.807) is 0 Å². The summed E-state index contributed by atoms with van der Waals surface area (Å²) in [4.78, 5) is 14.5.